The van der Waals surface area contributed by atoms with Gasteiger partial charge in [0, 0.05) is 5.69 Å². The number of hydrogen-bond donors (Lipinski definition) is 3. The van der Waals surface area contributed by atoms with Crippen LogP contribution in [0.5, 0.6) is 0 Å². The van der Waals surface area contributed by atoms with E-state index in [0.717, 1.165) is 16.8 Å². The second kappa shape index (κ2) is 4.74. The molecule has 76 valence electrons. The molecule has 0 aliphatic heterocycles. The summed E-state index contributed by atoms with van der Waals surface area (Å²) in [5.41, 5.74) is 5.29. The van der Waals surface area contributed by atoms with E-state index < -0.39 is 0 Å². The summed E-state index contributed by atoms with van der Waals surface area (Å²) in [5.74, 6) is 4.91. The quantitative estimate of drug-likeness (QED) is 0.489. The molecule has 1 amide bonds. The molecule has 1 rings (SSSR count). The van der Waals surface area contributed by atoms with Gasteiger partial charge in [-0.3, -0.25) is 16.1 Å². The Labute approximate surface area is 83.5 Å². The maximum atomic E-state index is 11.3. The van der Waals surface area contributed by atoms with Crippen LogP contribution in [-0.4, -0.2) is 12.5 Å². The third-order valence-electron chi connectivity index (χ3n) is 2.01. The topological polar surface area (TPSA) is 67.2 Å². The summed E-state index contributed by atoms with van der Waals surface area (Å²) in [5, 5.41) is 2.80. The number of nitrogens with one attached hydrogen (secondary N) is 2. The van der Waals surface area contributed by atoms with Crippen molar-refractivity contribution in [2.24, 2.45) is 5.84 Å². The van der Waals surface area contributed by atoms with E-state index in [1.807, 2.05) is 32.0 Å². The van der Waals surface area contributed by atoms with Gasteiger partial charge >= 0.3 is 0 Å². The Morgan fingerprint density at radius 1 is 1.36 bits per heavy atom. The van der Waals surface area contributed by atoms with Crippen molar-refractivity contribution >= 4 is 11.6 Å². The molecule has 4 N–H and O–H groups in total. The largest absolute Gasteiger partial charge is 0.324 e. The predicted octanol–water partition coefficient (Wildman–Crippen LogP) is 0.705. The van der Waals surface area contributed by atoms with E-state index in [9.17, 15) is 4.79 Å². The summed E-state index contributed by atoms with van der Waals surface area (Å²) in [7, 11) is 0. The molecule has 0 aliphatic carbocycles. The molecule has 0 saturated carbocycles. The first-order chi connectivity index (χ1) is 6.65. The molecule has 0 saturated heterocycles. The van der Waals surface area contributed by atoms with Crippen LogP contribution in [0.3, 0.4) is 0 Å². The van der Waals surface area contributed by atoms with Gasteiger partial charge < -0.3 is 5.32 Å². The number of rotatable bonds is 3. The Morgan fingerprint density at radius 2 is 1.93 bits per heavy atom. The van der Waals surface area contributed by atoms with Crippen molar-refractivity contribution in [1.29, 1.82) is 0 Å². The van der Waals surface area contributed by atoms with Crippen LogP contribution in [0.15, 0.2) is 18.2 Å². The number of aryl methyl sites for hydroxylation is 2. The fourth-order valence-electron chi connectivity index (χ4n) is 1.29. The molecular formula is C10H15N3O. The molecule has 0 unspecified atom stereocenters. The van der Waals surface area contributed by atoms with E-state index in [4.69, 9.17) is 5.84 Å². The molecule has 0 fully saturated rings. The molecule has 4 nitrogen and oxygen atoms in total. The first kappa shape index (κ1) is 10.7. The van der Waals surface area contributed by atoms with E-state index in [0.29, 0.717) is 0 Å². The first-order valence-corrected chi connectivity index (χ1v) is 4.44. The van der Waals surface area contributed by atoms with Gasteiger partial charge in [0.1, 0.15) is 0 Å². The van der Waals surface area contributed by atoms with Crippen LogP contribution in [0.4, 0.5) is 5.69 Å². The first-order valence-electron chi connectivity index (χ1n) is 4.44. The zero-order chi connectivity index (χ0) is 10.6. The van der Waals surface area contributed by atoms with Crippen molar-refractivity contribution in [2.75, 3.05) is 11.9 Å². The minimum absolute atomic E-state index is 0.119. The molecule has 0 radical (unpaired) electrons. The Balaban J connectivity index is 2.80. The minimum atomic E-state index is -0.134. The van der Waals surface area contributed by atoms with Gasteiger partial charge in [0.25, 0.3) is 0 Å². The van der Waals surface area contributed by atoms with Crippen LogP contribution < -0.4 is 16.6 Å². The van der Waals surface area contributed by atoms with Crippen molar-refractivity contribution in [3.05, 3.63) is 29.3 Å². The highest BCUT2D eigenvalue weighted by atomic mass is 16.2. The number of amides is 1. The number of carbonyl (C=O) groups excluding carboxylic acids is 1. The van der Waals surface area contributed by atoms with Crippen molar-refractivity contribution in [3.63, 3.8) is 0 Å². The van der Waals surface area contributed by atoms with Crippen LogP contribution in [0.1, 0.15) is 11.1 Å². The average molecular weight is 193 g/mol. The number of anilines is 1. The van der Waals surface area contributed by atoms with Crippen LogP contribution in [0.25, 0.3) is 0 Å². The lowest BCUT2D eigenvalue weighted by Crippen LogP contribution is -2.33. The van der Waals surface area contributed by atoms with Crippen LogP contribution in [0, 0.1) is 13.8 Å². The van der Waals surface area contributed by atoms with E-state index in [1.54, 1.807) is 0 Å². The fraction of sp³-hybridized carbons (Fsp3) is 0.300. The smallest absolute Gasteiger partial charge is 0.239 e. The number of benzene rings is 1. The summed E-state index contributed by atoms with van der Waals surface area (Å²) < 4.78 is 0. The highest BCUT2D eigenvalue weighted by Gasteiger charge is 2.05. The van der Waals surface area contributed by atoms with Gasteiger partial charge in [-0.05, 0) is 25.0 Å². The normalized spacial score (nSPS) is 9.93. The van der Waals surface area contributed by atoms with E-state index in [-0.39, 0.29) is 12.5 Å². The minimum Gasteiger partial charge on any atom is -0.324 e. The highest BCUT2D eigenvalue weighted by molar-refractivity contribution is 5.93. The summed E-state index contributed by atoms with van der Waals surface area (Å²) in [6.07, 6.45) is 0. The molecule has 0 aliphatic rings. The highest BCUT2D eigenvalue weighted by Crippen LogP contribution is 2.18. The van der Waals surface area contributed by atoms with Crippen molar-refractivity contribution < 1.29 is 4.79 Å². The molecule has 14 heavy (non-hydrogen) atoms. The Hall–Kier alpha value is -1.39. The number of carbonyl (C=O) groups is 1. The van der Waals surface area contributed by atoms with E-state index in [2.05, 4.69) is 10.7 Å². The molecule has 0 spiro atoms. The number of nitrogens with two attached hydrogens (primary N) is 1. The zero-order valence-corrected chi connectivity index (χ0v) is 8.42. The average Bonchev–Trinajstić information content (AvgIpc) is 2.12. The van der Waals surface area contributed by atoms with Gasteiger partial charge in [-0.25, -0.2) is 0 Å². The van der Waals surface area contributed by atoms with E-state index >= 15 is 0 Å². The van der Waals surface area contributed by atoms with Gasteiger partial charge in [-0.15, -0.1) is 0 Å². The fourth-order valence-corrected chi connectivity index (χ4v) is 1.29. The third-order valence-corrected chi connectivity index (χ3v) is 2.01. The van der Waals surface area contributed by atoms with Gasteiger partial charge in [0.05, 0.1) is 6.54 Å². The second-order valence-electron chi connectivity index (χ2n) is 3.20. The van der Waals surface area contributed by atoms with Crippen molar-refractivity contribution in [1.82, 2.24) is 5.43 Å². The Morgan fingerprint density at radius 3 is 2.43 bits per heavy atom. The summed E-state index contributed by atoms with van der Waals surface area (Å²) >= 11 is 0. The standard InChI is InChI=1S/C10H15N3O/c1-7-4-3-5-8(2)10(7)13-9(14)6-12-11/h3-5,12H,6,11H2,1-2H3,(H,13,14). The zero-order valence-electron chi connectivity index (χ0n) is 8.42. The van der Waals surface area contributed by atoms with Gasteiger partial charge in [-0.1, -0.05) is 18.2 Å². The lowest BCUT2D eigenvalue weighted by molar-refractivity contribution is -0.115. The summed E-state index contributed by atoms with van der Waals surface area (Å²) in [6, 6.07) is 5.87. The van der Waals surface area contributed by atoms with Gasteiger partial charge in [0.2, 0.25) is 5.91 Å². The summed E-state index contributed by atoms with van der Waals surface area (Å²) in [6.45, 7) is 4.03. The number of para-hydroxylation sites is 1. The molecule has 0 atom stereocenters. The molecule has 4 heteroatoms. The lowest BCUT2D eigenvalue weighted by Gasteiger charge is -2.10. The molecule has 1 aromatic rings. The van der Waals surface area contributed by atoms with Crippen LogP contribution >= 0.6 is 0 Å². The SMILES string of the molecule is Cc1cccc(C)c1NC(=O)CNN. The molecule has 0 heterocycles. The molecule has 1 aromatic carbocycles. The molecular weight excluding hydrogens is 178 g/mol. The Kier molecular flexibility index (Phi) is 3.62. The van der Waals surface area contributed by atoms with Crippen LogP contribution in [-0.2, 0) is 4.79 Å². The number of hydrazine groups is 1. The lowest BCUT2D eigenvalue weighted by atomic mass is 10.1. The van der Waals surface area contributed by atoms with Crippen molar-refractivity contribution in [2.45, 2.75) is 13.8 Å². The third kappa shape index (κ3) is 2.55. The molecule has 0 bridgehead atoms. The monoisotopic (exact) mass is 193 g/mol. The van der Waals surface area contributed by atoms with Crippen molar-refractivity contribution in [3.8, 4) is 0 Å². The van der Waals surface area contributed by atoms with Gasteiger partial charge in [0.15, 0.2) is 0 Å². The maximum absolute atomic E-state index is 11.3. The van der Waals surface area contributed by atoms with E-state index in [1.165, 1.54) is 0 Å². The second-order valence-corrected chi connectivity index (χ2v) is 3.20. The maximum Gasteiger partial charge on any atom is 0.239 e. The number of hydrogen-bond acceptors (Lipinski definition) is 3. The summed E-state index contributed by atoms with van der Waals surface area (Å²) in [4.78, 5) is 11.3. The van der Waals surface area contributed by atoms with Crippen LogP contribution in [0.2, 0.25) is 0 Å². The molecule has 0 aromatic heterocycles. The van der Waals surface area contributed by atoms with Gasteiger partial charge in [-0.2, -0.15) is 0 Å². The Bertz CT molecular complexity index is 316. The predicted molar refractivity (Wildman–Crippen MR) is 56.7 cm³/mol.